The highest BCUT2D eigenvalue weighted by Crippen LogP contribution is 2.08. The van der Waals surface area contributed by atoms with Crippen LogP contribution in [0.1, 0.15) is 12.8 Å². The van der Waals surface area contributed by atoms with Crippen LogP contribution in [0.2, 0.25) is 0 Å². The number of nitrogens with zero attached hydrogens (tertiary/aromatic N) is 2. The van der Waals surface area contributed by atoms with Crippen LogP contribution in [-0.4, -0.2) is 66.6 Å². The molecule has 1 aromatic carbocycles. The molecule has 1 aromatic heterocycles. The number of primary amides is 1. The molecule has 5 N–H and O–H groups in total. The van der Waals surface area contributed by atoms with Gasteiger partial charge in [-0.3, -0.25) is 9.78 Å². The van der Waals surface area contributed by atoms with Crippen molar-refractivity contribution in [3.8, 4) is 0 Å². The Bertz CT molecular complexity index is 728. The van der Waals surface area contributed by atoms with Crippen LogP contribution >= 0.6 is 0 Å². The molecule has 150 valence electrons. The number of nitrogens with two attached hydrogens (primary N) is 1. The van der Waals surface area contributed by atoms with E-state index in [1.807, 2.05) is 30.5 Å². The number of nitrogens with one attached hydrogen (secondary N) is 3. The largest absolute Gasteiger partial charge is 0.368 e. The molecule has 0 spiro atoms. The summed E-state index contributed by atoms with van der Waals surface area (Å²) in [6, 6.07) is 11.6. The van der Waals surface area contributed by atoms with Crippen molar-refractivity contribution >= 4 is 22.8 Å². The minimum atomic E-state index is -0.541. The van der Waals surface area contributed by atoms with Gasteiger partial charge in [0.25, 0.3) is 0 Å². The zero-order valence-electron chi connectivity index (χ0n) is 15.9. The minimum absolute atomic E-state index is 0.174. The molecule has 4 rings (SSSR count). The van der Waals surface area contributed by atoms with Gasteiger partial charge < -0.3 is 26.6 Å². The molecule has 3 heterocycles. The Morgan fingerprint density at radius 1 is 1.07 bits per heavy atom. The third-order valence-electron chi connectivity index (χ3n) is 5.01. The van der Waals surface area contributed by atoms with Gasteiger partial charge in [-0.15, -0.1) is 0 Å². The van der Waals surface area contributed by atoms with Crippen molar-refractivity contribution in [2.24, 2.45) is 5.73 Å². The monoisotopic (exact) mass is 384 g/mol. The average molecular weight is 384 g/mol. The zero-order chi connectivity index (χ0) is 19.8. The van der Waals surface area contributed by atoms with E-state index in [0.29, 0.717) is 19.6 Å². The third-order valence-corrected chi connectivity index (χ3v) is 5.01. The van der Waals surface area contributed by atoms with Gasteiger partial charge in [0.1, 0.15) is 6.04 Å². The first-order valence-corrected chi connectivity index (χ1v) is 9.73. The molecule has 0 radical (unpaired) electrons. The van der Waals surface area contributed by atoms with Crippen LogP contribution in [0.4, 0.5) is 4.79 Å². The van der Waals surface area contributed by atoms with E-state index in [1.54, 1.807) is 4.90 Å². The molecule has 2 aromatic rings. The summed E-state index contributed by atoms with van der Waals surface area (Å²) in [5.41, 5.74) is 6.38. The molecule has 8 heteroatoms. The smallest absolute Gasteiger partial charge is 0.318 e. The topological polar surface area (TPSA) is 112 Å². The summed E-state index contributed by atoms with van der Waals surface area (Å²) in [6.07, 6.45) is 3.67. The molecule has 2 aliphatic rings. The number of hydrogen-bond donors (Lipinski definition) is 4. The van der Waals surface area contributed by atoms with Crippen LogP contribution in [0.5, 0.6) is 0 Å². The zero-order valence-corrected chi connectivity index (χ0v) is 15.9. The number of rotatable bonds is 2. The molecule has 0 aliphatic carbocycles. The summed E-state index contributed by atoms with van der Waals surface area (Å²) >= 11 is 0. The maximum atomic E-state index is 12.1. The normalized spacial score (nSPS) is 20.1. The Kier molecular flexibility index (Phi) is 7.16. The molecule has 0 bridgehead atoms. The van der Waals surface area contributed by atoms with Gasteiger partial charge >= 0.3 is 6.03 Å². The van der Waals surface area contributed by atoms with Crippen molar-refractivity contribution in [3.05, 3.63) is 42.6 Å². The number of piperidine rings is 1. The number of piperazine rings is 1. The quantitative estimate of drug-likeness (QED) is 0.600. The van der Waals surface area contributed by atoms with E-state index in [9.17, 15) is 9.59 Å². The Labute approximate surface area is 164 Å². The number of pyridine rings is 1. The second-order valence-corrected chi connectivity index (χ2v) is 6.99. The fraction of sp³-hybridized carbons (Fsp3) is 0.450. The summed E-state index contributed by atoms with van der Waals surface area (Å²) in [4.78, 5) is 29.2. The Morgan fingerprint density at radius 3 is 2.57 bits per heavy atom. The number of amides is 3. The van der Waals surface area contributed by atoms with Crippen molar-refractivity contribution in [1.29, 1.82) is 0 Å². The van der Waals surface area contributed by atoms with Gasteiger partial charge in [-0.05, 0) is 38.1 Å². The first kappa shape index (κ1) is 20.0. The second-order valence-electron chi connectivity index (χ2n) is 6.99. The SMILES string of the molecule is NC(=O)C1CNCCN1C(=O)NC1CCNCC1.c1ccc2ncccc2c1. The van der Waals surface area contributed by atoms with Crippen LogP contribution in [0.3, 0.4) is 0 Å². The van der Waals surface area contributed by atoms with Crippen LogP contribution < -0.4 is 21.7 Å². The highest BCUT2D eigenvalue weighted by atomic mass is 16.2. The minimum Gasteiger partial charge on any atom is -0.368 e. The van der Waals surface area contributed by atoms with E-state index in [4.69, 9.17) is 5.73 Å². The van der Waals surface area contributed by atoms with Crippen molar-refractivity contribution < 1.29 is 9.59 Å². The molecular formula is C20H28N6O2. The maximum Gasteiger partial charge on any atom is 0.318 e. The van der Waals surface area contributed by atoms with E-state index in [1.165, 1.54) is 5.39 Å². The predicted octanol–water partition coefficient (Wildman–Crippen LogP) is 0.442. The average Bonchev–Trinajstić information content (AvgIpc) is 2.75. The van der Waals surface area contributed by atoms with Gasteiger partial charge in [0.2, 0.25) is 5.91 Å². The van der Waals surface area contributed by atoms with E-state index < -0.39 is 11.9 Å². The number of fused-ring (bicyclic) bond motifs is 1. The molecule has 1 unspecified atom stereocenters. The van der Waals surface area contributed by atoms with Crippen LogP contribution in [0, 0.1) is 0 Å². The van der Waals surface area contributed by atoms with Gasteiger partial charge in [0.15, 0.2) is 0 Å². The van der Waals surface area contributed by atoms with Crippen LogP contribution in [0.15, 0.2) is 42.6 Å². The lowest BCUT2D eigenvalue weighted by molar-refractivity contribution is -0.122. The fourth-order valence-corrected chi connectivity index (χ4v) is 3.44. The standard InChI is InChI=1S/C11H21N5O2.C9H7N/c12-10(17)9-7-14-5-6-16(9)11(18)15-8-1-3-13-4-2-8;1-2-6-9-8(4-1)5-3-7-10-9/h8-9,13-14H,1-7H2,(H2,12,17)(H,15,18);1-7H. The summed E-state index contributed by atoms with van der Waals surface area (Å²) in [7, 11) is 0. The van der Waals surface area contributed by atoms with Gasteiger partial charge in [-0.1, -0.05) is 24.3 Å². The van der Waals surface area contributed by atoms with Crippen LogP contribution in [-0.2, 0) is 4.79 Å². The number of carbonyl (C=O) groups is 2. The lowest BCUT2D eigenvalue weighted by Crippen LogP contribution is -2.62. The predicted molar refractivity (Wildman–Crippen MR) is 109 cm³/mol. The molecule has 28 heavy (non-hydrogen) atoms. The van der Waals surface area contributed by atoms with E-state index in [-0.39, 0.29) is 12.1 Å². The van der Waals surface area contributed by atoms with E-state index >= 15 is 0 Å². The first-order chi connectivity index (χ1) is 13.6. The van der Waals surface area contributed by atoms with Gasteiger partial charge in [0, 0.05) is 37.3 Å². The van der Waals surface area contributed by atoms with Crippen molar-refractivity contribution in [1.82, 2.24) is 25.8 Å². The molecule has 8 nitrogen and oxygen atoms in total. The molecule has 0 saturated carbocycles. The van der Waals surface area contributed by atoms with Crippen molar-refractivity contribution in [3.63, 3.8) is 0 Å². The molecule has 1 atom stereocenters. The molecule has 2 fully saturated rings. The fourth-order valence-electron chi connectivity index (χ4n) is 3.44. The molecule has 2 saturated heterocycles. The summed E-state index contributed by atoms with van der Waals surface area (Å²) in [5.74, 6) is -0.456. The highest BCUT2D eigenvalue weighted by molar-refractivity contribution is 5.86. The second kappa shape index (κ2) is 10.0. The molecular weight excluding hydrogens is 356 g/mol. The van der Waals surface area contributed by atoms with Crippen LogP contribution in [0.25, 0.3) is 10.9 Å². The van der Waals surface area contributed by atoms with Gasteiger partial charge in [-0.2, -0.15) is 0 Å². The molecule has 2 aliphatic heterocycles. The highest BCUT2D eigenvalue weighted by Gasteiger charge is 2.31. The number of benzene rings is 1. The maximum absolute atomic E-state index is 12.1. The molecule has 3 amide bonds. The summed E-state index contributed by atoms with van der Waals surface area (Å²) in [5, 5.41) is 10.5. The van der Waals surface area contributed by atoms with Gasteiger partial charge in [-0.25, -0.2) is 4.79 Å². The number of hydrogen-bond acceptors (Lipinski definition) is 5. The Balaban J connectivity index is 0.000000188. The summed E-state index contributed by atoms with van der Waals surface area (Å²) in [6.45, 7) is 3.50. The van der Waals surface area contributed by atoms with Crippen molar-refractivity contribution in [2.75, 3.05) is 32.7 Å². The number of para-hydroxylation sites is 1. The van der Waals surface area contributed by atoms with E-state index in [2.05, 4.69) is 33.1 Å². The lowest BCUT2D eigenvalue weighted by atomic mass is 10.1. The third kappa shape index (κ3) is 5.40. The van der Waals surface area contributed by atoms with Gasteiger partial charge in [0.05, 0.1) is 5.52 Å². The number of urea groups is 1. The van der Waals surface area contributed by atoms with Crippen molar-refractivity contribution in [2.45, 2.75) is 24.9 Å². The van der Waals surface area contributed by atoms with E-state index in [0.717, 1.165) is 31.4 Å². The first-order valence-electron chi connectivity index (χ1n) is 9.73. The Morgan fingerprint density at radius 2 is 1.82 bits per heavy atom. The Hall–Kier alpha value is -2.71. The summed E-state index contributed by atoms with van der Waals surface area (Å²) < 4.78 is 0. The number of carbonyl (C=O) groups excluding carboxylic acids is 2. The number of aromatic nitrogens is 1. The lowest BCUT2D eigenvalue weighted by Gasteiger charge is -2.35.